The van der Waals surface area contributed by atoms with Gasteiger partial charge in [-0.05, 0) is 31.9 Å². The highest BCUT2D eigenvalue weighted by Gasteiger charge is 2.30. The van der Waals surface area contributed by atoms with Gasteiger partial charge >= 0.3 is 0 Å². The van der Waals surface area contributed by atoms with Crippen LogP contribution in [0, 0.1) is 12.8 Å². The molecule has 0 unspecified atom stereocenters. The Morgan fingerprint density at radius 1 is 1.21 bits per heavy atom. The van der Waals surface area contributed by atoms with Crippen molar-refractivity contribution in [3.8, 4) is 0 Å². The molecule has 1 N–H and O–H groups in total. The fourth-order valence-corrected chi connectivity index (χ4v) is 5.34. The van der Waals surface area contributed by atoms with E-state index in [1.165, 1.54) is 15.6 Å². The number of amides is 1. The van der Waals surface area contributed by atoms with E-state index in [2.05, 4.69) is 19.2 Å². The summed E-state index contributed by atoms with van der Waals surface area (Å²) in [7, 11) is -3.40. The minimum Gasteiger partial charge on any atom is -0.352 e. The number of rotatable bonds is 6. The molecular formula is C16H27N3O3S2. The highest BCUT2D eigenvalue weighted by molar-refractivity contribution is 7.91. The standard InChI is InChI=1S/C16H27N3O3S2/c1-12(2)14(4)17-15(20)11-18-7-9-19(10-8-18)24(21,22)16-6-5-13(3)23-16/h5-6,12,14H,7-11H2,1-4H3,(H,17,20)/t14-/m1/s1. The lowest BCUT2D eigenvalue weighted by molar-refractivity contribution is -0.123. The molecule has 0 saturated carbocycles. The van der Waals surface area contributed by atoms with Crippen molar-refractivity contribution in [3.63, 3.8) is 0 Å². The lowest BCUT2D eigenvalue weighted by Crippen LogP contribution is -2.51. The number of thiophene rings is 1. The molecule has 6 nitrogen and oxygen atoms in total. The molecule has 0 aliphatic carbocycles. The van der Waals surface area contributed by atoms with Crippen LogP contribution in [0.3, 0.4) is 0 Å². The van der Waals surface area contributed by atoms with Gasteiger partial charge in [-0.25, -0.2) is 8.42 Å². The number of carbonyl (C=O) groups is 1. The topological polar surface area (TPSA) is 69.7 Å². The predicted molar refractivity (Wildman–Crippen MR) is 96.7 cm³/mol. The second kappa shape index (κ2) is 7.95. The van der Waals surface area contributed by atoms with Crippen LogP contribution < -0.4 is 5.32 Å². The maximum atomic E-state index is 12.6. The second-order valence-corrected chi connectivity index (χ2v) is 10.1. The lowest BCUT2D eigenvalue weighted by atomic mass is 10.1. The first-order chi connectivity index (χ1) is 11.2. The van der Waals surface area contributed by atoms with Gasteiger partial charge in [-0.2, -0.15) is 4.31 Å². The van der Waals surface area contributed by atoms with Crippen LogP contribution in [0.15, 0.2) is 16.3 Å². The Labute approximate surface area is 148 Å². The Balaban J connectivity index is 1.86. The molecule has 1 saturated heterocycles. The molecule has 0 bridgehead atoms. The first kappa shape index (κ1) is 19.4. The summed E-state index contributed by atoms with van der Waals surface area (Å²) >= 11 is 1.30. The first-order valence-electron chi connectivity index (χ1n) is 8.28. The number of piperazine rings is 1. The third-order valence-corrected chi connectivity index (χ3v) is 7.76. The van der Waals surface area contributed by atoms with Crippen LogP contribution in [-0.2, 0) is 14.8 Å². The van der Waals surface area contributed by atoms with E-state index in [0.717, 1.165) is 4.88 Å². The Bertz CT molecular complexity index is 662. The summed E-state index contributed by atoms with van der Waals surface area (Å²) in [5.41, 5.74) is 0. The Kier molecular flexibility index (Phi) is 6.41. The average molecular weight is 374 g/mol. The zero-order valence-electron chi connectivity index (χ0n) is 14.8. The van der Waals surface area contributed by atoms with Crippen molar-refractivity contribution in [1.82, 2.24) is 14.5 Å². The van der Waals surface area contributed by atoms with E-state index < -0.39 is 10.0 Å². The molecule has 0 radical (unpaired) electrons. The molecule has 0 aromatic carbocycles. The number of aryl methyl sites for hydroxylation is 1. The SMILES string of the molecule is Cc1ccc(S(=O)(=O)N2CCN(CC(=O)N[C@H](C)C(C)C)CC2)s1. The minimum atomic E-state index is -3.40. The van der Waals surface area contributed by atoms with Crippen LogP contribution in [0.5, 0.6) is 0 Å². The number of hydrogen-bond donors (Lipinski definition) is 1. The van der Waals surface area contributed by atoms with Crippen molar-refractivity contribution in [1.29, 1.82) is 0 Å². The molecular weight excluding hydrogens is 346 g/mol. The van der Waals surface area contributed by atoms with Crippen LogP contribution >= 0.6 is 11.3 Å². The highest BCUT2D eigenvalue weighted by Crippen LogP contribution is 2.25. The smallest absolute Gasteiger partial charge is 0.252 e. The minimum absolute atomic E-state index is 0.00129. The number of nitrogens with zero attached hydrogens (tertiary/aromatic N) is 2. The first-order valence-corrected chi connectivity index (χ1v) is 10.5. The molecule has 1 aliphatic heterocycles. The molecule has 2 heterocycles. The number of nitrogens with one attached hydrogen (secondary N) is 1. The second-order valence-electron chi connectivity index (χ2n) is 6.65. The lowest BCUT2D eigenvalue weighted by Gasteiger charge is -2.33. The molecule has 24 heavy (non-hydrogen) atoms. The van der Waals surface area contributed by atoms with Crippen molar-refractivity contribution in [2.45, 2.75) is 37.9 Å². The third kappa shape index (κ3) is 4.78. The monoisotopic (exact) mass is 373 g/mol. The molecule has 8 heteroatoms. The number of hydrogen-bond acceptors (Lipinski definition) is 5. The van der Waals surface area contributed by atoms with Gasteiger partial charge in [0.05, 0.1) is 6.54 Å². The van der Waals surface area contributed by atoms with Crippen LogP contribution in [0.1, 0.15) is 25.6 Å². The summed E-state index contributed by atoms with van der Waals surface area (Å²) in [6.07, 6.45) is 0. The van der Waals surface area contributed by atoms with Crippen molar-refractivity contribution in [2.75, 3.05) is 32.7 Å². The van der Waals surface area contributed by atoms with Gasteiger partial charge in [0.2, 0.25) is 5.91 Å². The van der Waals surface area contributed by atoms with E-state index in [1.54, 1.807) is 6.07 Å². The Morgan fingerprint density at radius 3 is 2.33 bits per heavy atom. The fraction of sp³-hybridized carbons (Fsp3) is 0.688. The van der Waals surface area contributed by atoms with Gasteiger partial charge in [0.15, 0.2) is 0 Å². The van der Waals surface area contributed by atoms with E-state index in [0.29, 0.717) is 42.9 Å². The third-order valence-electron chi connectivity index (χ3n) is 4.40. The Morgan fingerprint density at radius 2 is 1.83 bits per heavy atom. The van der Waals surface area contributed by atoms with E-state index >= 15 is 0 Å². The number of sulfonamides is 1. The van der Waals surface area contributed by atoms with Gasteiger partial charge in [-0.15, -0.1) is 11.3 Å². The predicted octanol–water partition coefficient (Wildman–Crippen LogP) is 1.52. The summed E-state index contributed by atoms with van der Waals surface area (Å²) in [5, 5.41) is 2.99. The Hall–Kier alpha value is -0.960. The van der Waals surface area contributed by atoms with E-state index in [9.17, 15) is 13.2 Å². The van der Waals surface area contributed by atoms with Crippen LogP contribution in [-0.4, -0.2) is 62.3 Å². The van der Waals surface area contributed by atoms with E-state index in [1.807, 2.05) is 24.8 Å². The van der Waals surface area contributed by atoms with Crippen LogP contribution in [0.2, 0.25) is 0 Å². The molecule has 1 atom stereocenters. The average Bonchev–Trinajstić information content (AvgIpc) is 2.95. The largest absolute Gasteiger partial charge is 0.352 e. The van der Waals surface area contributed by atoms with Gasteiger partial charge in [0, 0.05) is 37.1 Å². The number of carbonyl (C=O) groups excluding carboxylic acids is 1. The summed E-state index contributed by atoms with van der Waals surface area (Å²) in [4.78, 5) is 15.0. The van der Waals surface area contributed by atoms with Gasteiger partial charge in [-0.3, -0.25) is 9.69 Å². The molecule has 1 amide bonds. The zero-order valence-corrected chi connectivity index (χ0v) is 16.4. The van der Waals surface area contributed by atoms with Gasteiger partial charge in [0.25, 0.3) is 10.0 Å². The van der Waals surface area contributed by atoms with Crippen molar-refractivity contribution < 1.29 is 13.2 Å². The molecule has 136 valence electrons. The van der Waals surface area contributed by atoms with Crippen molar-refractivity contribution in [2.24, 2.45) is 5.92 Å². The summed E-state index contributed by atoms with van der Waals surface area (Å²) in [6, 6.07) is 3.64. The molecule has 1 aliphatic rings. The molecule has 1 fully saturated rings. The van der Waals surface area contributed by atoms with Crippen LogP contribution in [0.25, 0.3) is 0 Å². The summed E-state index contributed by atoms with van der Waals surface area (Å²) in [6.45, 7) is 10.4. The summed E-state index contributed by atoms with van der Waals surface area (Å²) in [5.74, 6) is 0.395. The molecule has 1 aromatic heterocycles. The zero-order chi connectivity index (χ0) is 17.9. The maximum Gasteiger partial charge on any atom is 0.252 e. The van der Waals surface area contributed by atoms with Crippen molar-refractivity contribution in [3.05, 3.63) is 17.0 Å². The molecule has 1 aromatic rings. The van der Waals surface area contributed by atoms with E-state index in [-0.39, 0.29) is 11.9 Å². The van der Waals surface area contributed by atoms with Gasteiger partial charge < -0.3 is 5.32 Å². The summed E-state index contributed by atoms with van der Waals surface area (Å²) < 4.78 is 27.1. The van der Waals surface area contributed by atoms with Crippen molar-refractivity contribution >= 4 is 27.3 Å². The van der Waals surface area contributed by atoms with Gasteiger partial charge in [-0.1, -0.05) is 13.8 Å². The van der Waals surface area contributed by atoms with Crippen LogP contribution in [0.4, 0.5) is 0 Å². The highest BCUT2D eigenvalue weighted by atomic mass is 32.2. The molecule has 0 spiro atoms. The normalized spacial score (nSPS) is 18.7. The fourth-order valence-electron chi connectivity index (χ4n) is 2.48. The maximum absolute atomic E-state index is 12.6. The van der Waals surface area contributed by atoms with E-state index in [4.69, 9.17) is 0 Å². The van der Waals surface area contributed by atoms with Gasteiger partial charge in [0.1, 0.15) is 4.21 Å². The quantitative estimate of drug-likeness (QED) is 0.821. The molecule has 2 rings (SSSR count).